The van der Waals surface area contributed by atoms with Gasteiger partial charge in [-0.3, -0.25) is 9.59 Å². The first kappa shape index (κ1) is 14.1. The largest absolute Gasteiger partial charge is 0.338 e. The van der Waals surface area contributed by atoms with E-state index < -0.39 is 0 Å². The predicted molar refractivity (Wildman–Crippen MR) is 80.5 cm³/mol. The van der Waals surface area contributed by atoms with Crippen molar-refractivity contribution in [2.75, 3.05) is 19.6 Å². The molecule has 4 heteroatoms. The Morgan fingerprint density at radius 3 is 2.48 bits per heavy atom. The lowest BCUT2D eigenvalue weighted by atomic mass is 10.0. The van der Waals surface area contributed by atoms with Gasteiger partial charge in [-0.15, -0.1) is 0 Å². The van der Waals surface area contributed by atoms with Crippen LogP contribution in [0.3, 0.4) is 0 Å². The fourth-order valence-electron chi connectivity index (χ4n) is 3.04. The molecule has 0 radical (unpaired) electrons. The average molecular weight is 286 g/mol. The molecule has 1 aliphatic carbocycles. The lowest BCUT2D eigenvalue weighted by Crippen LogP contribution is -2.51. The third-order valence-electron chi connectivity index (χ3n) is 4.48. The average Bonchev–Trinajstić information content (AvgIpc) is 3.31. The zero-order valence-corrected chi connectivity index (χ0v) is 12.5. The first-order chi connectivity index (χ1) is 10.1. The van der Waals surface area contributed by atoms with Crippen LogP contribution in [-0.2, 0) is 9.59 Å². The maximum absolute atomic E-state index is 12.3. The molecule has 1 saturated carbocycles. The summed E-state index contributed by atoms with van der Waals surface area (Å²) < 4.78 is 0. The minimum absolute atomic E-state index is 0.0133. The van der Waals surface area contributed by atoms with E-state index in [0.717, 1.165) is 5.56 Å². The molecular formula is C17H22N2O2. The van der Waals surface area contributed by atoms with Crippen LogP contribution in [0.5, 0.6) is 0 Å². The molecule has 3 rings (SSSR count). The number of amides is 2. The Morgan fingerprint density at radius 2 is 1.86 bits per heavy atom. The van der Waals surface area contributed by atoms with Gasteiger partial charge in [0.2, 0.25) is 11.8 Å². The van der Waals surface area contributed by atoms with Gasteiger partial charge in [0.15, 0.2) is 0 Å². The van der Waals surface area contributed by atoms with Crippen molar-refractivity contribution >= 4 is 11.8 Å². The van der Waals surface area contributed by atoms with Gasteiger partial charge in [0, 0.05) is 33.0 Å². The van der Waals surface area contributed by atoms with Crippen LogP contribution in [0.25, 0.3) is 0 Å². The van der Waals surface area contributed by atoms with E-state index in [4.69, 9.17) is 0 Å². The highest BCUT2D eigenvalue weighted by Crippen LogP contribution is 2.34. The molecular weight excluding hydrogens is 264 g/mol. The maximum atomic E-state index is 12.3. The molecule has 112 valence electrons. The Hall–Kier alpha value is -1.84. The quantitative estimate of drug-likeness (QED) is 0.855. The van der Waals surface area contributed by atoms with Gasteiger partial charge >= 0.3 is 0 Å². The van der Waals surface area contributed by atoms with Crippen LogP contribution >= 0.6 is 0 Å². The summed E-state index contributed by atoms with van der Waals surface area (Å²) in [6, 6.07) is 10.0. The highest BCUT2D eigenvalue weighted by atomic mass is 16.2. The smallest absolute Gasteiger partial charge is 0.222 e. The first-order valence-electron chi connectivity index (χ1n) is 7.75. The van der Waals surface area contributed by atoms with Crippen molar-refractivity contribution in [2.24, 2.45) is 5.92 Å². The first-order valence-corrected chi connectivity index (χ1v) is 7.75. The van der Waals surface area contributed by atoms with Crippen molar-refractivity contribution in [3.8, 4) is 0 Å². The number of hydrogen-bond donors (Lipinski definition) is 0. The predicted octanol–water partition coefficient (Wildman–Crippen LogP) is 2.22. The molecule has 1 aromatic rings. The fourth-order valence-corrected chi connectivity index (χ4v) is 3.04. The molecule has 1 aromatic carbocycles. The summed E-state index contributed by atoms with van der Waals surface area (Å²) in [5.74, 6) is 0.943. The van der Waals surface area contributed by atoms with Crippen molar-refractivity contribution < 1.29 is 9.59 Å². The fraction of sp³-hybridized carbons (Fsp3) is 0.529. The van der Waals surface area contributed by atoms with Crippen LogP contribution in [0.4, 0.5) is 0 Å². The van der Waals surface area contributed by atoms with Crippen LogP contribution in [0.2, 0.25) is 0 Å². The third kappa shape index (κ3) is 3.26. The molecule has 0 bridgehead atoms. The van der Waals surface area contributed by atoms with Gasteiger partial charge in [-0.2, -0.15) is 0 Å². The normalized spacial score (nSPS) is 22.2. The maximum Gasteiger partial charge on any atom is 0.222 e. The number of rotatable bonds is 3. The molecule has 1 saturated heterocycles. The number of carbonyl (C=O) groups excluding carboxylic acids is 2. The van der Waals surface area contributed by atoms with E-state index in [9.17, 15) is 9.59 Å². The monoisotopic (exact) mass is 286 g/mol. The molecule has 0 unspecified atom stereocenters. The van der Waals surface area contributed by atoms with E-state index >= 15 is 0 Å². The summed E-state index contributed by atoms with van der Waals surface area (Å²) in [7, 11) is 0. The molecule has 0 aromatic heterocycles. The number of piperazine rings is 1. The summed E-state index contributed by atoms with van der Waals surface area (Å²) in [5.41, 5.74) is 1.11. The number of carbonyl (C=O) groups is 2. The van der Waals surface area contributed by atoms with Crippen molar-refractivity contribution in [1.29, 1.82) is 0 Å². The minimum Gasteiger partial charge on any atom is -0.338 e. The van der Waals surface area contributed by atoms with E-state index in [2.05, 4.69) is 0 Å². The second kappa shape index (κ2) is 5.88. The molecule has 2 aliphatic rings. The molecule has 2 fully saturated rings. The summed E-state index contributed by atoms with van der Waals surface area (Å²) in [4.78, 5) is 28.0. The molecule has 1 aliphatic heterocycles. The lowest BCUT2D eigenvalue weighted by Gasteiger charge is -2.41. The van der Waals surface area contributed by atoms with E-state index in [1.165, 1.54) is 12.8 Å². The second-order valence-corrected chi connectivity index (χ2v) is 6.13. The van der Waals surface area contributed by atoms with E-state index in [1.54, 1.807) is 6.92 Å². The number of nitrogens with zero attached hydrogens (tertiary/aromatic N) is 2. The highest BCUT2D eigenvalue weighted by molar-refractivity contribution is 5.78. The van der Waals surface area contributed by atoms with Gasteiger partial charge in [0.05, 0.1) is 6.04 Å². The number of hydrogen-bond acceptors (Lipinski definition) is 2. The number of benzene rings is 1. The van der Waals surface area contributed by atoms with Gasteiger partial charge in [0.25, 0.3) is 0 Å². The Balaban J connectivity index is 1.75. The zero-order valence-electron chi connectivity index (χ0n) is 12.5. The Kier molecular flexibility index (Phi) is 3.95. The standard InChI is InChI=1S/C17H22N2O2/c1-13(20)19-10-9-18(17(21)11-14-7-8-14)12-16(19)15-5-3-2-4-6-15/h2-6,14,16H,7-12H2,1H3/t16-/m0/s1. The van der Waals surface area contributed by atoms with E-state index in [-0.39, 0.29) is 17.9 Å². The summed E-state index contributed by atoms with van der Waals surface area (Å²) in [6.45, 7) is 3.52. The molecule has 21 heavy (non-hydrogen) atoms. The molecule has 1 heterocycles. The van der Waals surface area contributed by atoms with Crippen molar-refractivity contribution in [3.63, 3.8) is 0 Å². The minimum atomic E-state index is -0.0133. The van der Waals surface area contributed by atoms with Crippen LogP contribution in [0, 0.1) is 5.92 Å². The summed E-state index contributed by atoms with van der Waals surface area (Å²) in [5, 5.41) is 0. The highest BCUT2D eigenvalue weighted by Gasteiger charge is 2.34. The van der Waals surface area contributed by atoms with Gasteiger partial charge in [0.1, 0.15) is 0 Å². The molecule has 0 N–H and O–H groups in total. The van der Waals surface area contributed by atoms with Gasteiger partial charge in [-0.25, -0.2) is 0 Å². The Morgan fingerprint density at radius 1 is 1.14 bits per heavy atom. The van der Waals surface area contributed by atoms with Gasteiger partial charge in [-0.1, -0.05) is 30.3 Å². The van der Waals surface area contributed by atoms with Crippen molar-refractivity contribution in [3.05, 3.63) is 35.9 Å². The van der Waals surface area contributed by atoms with Crippen LogP contribution in [0.15, 0.2) is 30.3 Å². The SMILES string of the molecule is CC(=O)N1CCN(C(=O)CC2CC2)C[C@H]1c1ccccc1. The Bertz CT molecular complexity index is 525. The topological polar surface area (TPSA) is 40.6 Å². The van der Waals surface area contributed by atoms with Crippen molar-refractivity contribution in [1.82, 2.24) is 9.80 Å². The molecule has 1 atom stereocenters. The Labute approximate surface area is 125 Å². The van der Waals surface area contributed by atoms with Crippen LogP contribution in [0.1, 0.15) is 37.8 Å². The van der Waals surface area contributed by atoms with E-state index in [1.807, 2.05) is 40.1 Å². The second-order valence-electron chi connectivity index (χ2n) is 6.13. The molecule has 4 nitrogen and oxygen atoms in total. The third-order valence-corrected chi connectivity index (χ3v) is 4.48. The van der Waals surface area contributed by atoms with Crippen LogP contribution < -0.4 is 0 Å². The molecule has 0 spiro atoms. The summed E-state index contributed by atoms with van der Waals surface area (Å²) in [6.07, 6.45) is 3.07. The van der Waals surface area contributed by atoms with Crippen molar-refractivity contribution in [2.45, 2.75) is 32.2 Å². The zero-order chi connectivity index (χ0) is 14.8. The van der Waals surface area contributed by atoms with Gasteiger partial charge in [-0.05, 0) is 24.3 Å². The van der Waals surface area contributed by atoms with Gasteiger partial charge < -0.3 is 9.80 Å². The lowest BCUT2D eigenvalue weighted by molar-refractivity contribution is -0.142. The van der Waals surface area contributed by atoms with E-state index in [0.29, 0.717) is 32.0 Å². The summed E-state index contributed by atoms with van der Waals surface area (Å²) >= 11 is 0. The van der Waals surface area contributed by atoms with Crippen LogP contribution in [-0.4, -0.2) is 41.2 Å². The molecule has 2 amide bonds.